The molecular formula is C18H21ClFN3O. The summed E-state index contributed by atoms with van der Waals surface area (Å²) in [5.41, 5.74) is 2.26. The predicted octanol–water partition coefficient (Wildman–Crippen LogP) is 4.35. The van der Waals surface area contributed by atoms with Crippen LogP contribution < -0.4 is 5.32 Å². The molecule has 0 radical (unpaired) electrons. The number of aryl methyl sites for hydroxylation is 1. The van der Waals surface area contributed by atoms with E-state index in [2.05, 4.69) is 15.3 Å². The van der Waals surface area contributed by atoms with E-state index in [9.17, 15) is 9.50 Å². The number of rotatable bonds is 3. The smallest absolute Gasteiger partial charge is 0.213 e. The molecule has 2 aromatic heterocycles. The third-order valence-electron chi connectivity index (χ3n) is 4.51. The fourth-order valence-electron chi connectivity index (χ4n) is 3.12. The second kappa shape index (κ2) is 6.65. The van der Waals surface area contributed by atoms with Gasteiger partial charge in [-0.3, -0.25) is 0 Å². The first-order valence-electron chi connectivity index (χ1n) is 8.11. The van der Waals surface area contributed by atoms with Crippen molar-refractivity contribution < 1.29 is 9.50 Å². The molecule has 0 spiro atoms. The first-order chi connectivity index (χ1) is 11.3. The molecule has 0 aromatic carbocycles. The summed E-state index contributed by atoms with van der Waals surface area (Å²) >= 11 is 6.04. The zero-order valence-electron chi connectivity index (χ0n) is 13.8. The molecule has 0 bridgehead atoms. The SMILES string of the molecule is Cc1cc(F)nc(-c2cnc(Cl)cc2NC2CCC(C)(O)CC2)c1. The van der Waals surface area contributed by atoms with Crippen molar-refractivity contribution in [3.8, 4) is 11.3 Å². The van der Waals surface area contributed by atoms with E-state index in [1.54, 1.807) is 12.3 Å². The molecular weight excluding hydrogens is 329 g/mol. The number of hydrogen-bond acceptors (Lipinski definition) is 4. The molecule has 4 nitrogen and oxygen atoms in total. The number of hydrogen-bond donors (Lipinski definition) is 2. The maximum absolute atomic E-state index is 13.7. The summed E-state index contributed by atoms with van der Waals surface area (Å²) in [5, 5.41) is 13.9. The summed E-state index contributed by atoms with van der Waals surface area (Å²) in [5.74, 6) is -0.514. The van der Waals surface area contributed by atoms with Crippen LogP contribution in [0.15, 0.2) is 24.4 Å². The van der Waals surface area contributed by atoms with Crippen molar-refractivity contribution in [2.45, 2.75) is 51.2 Å². The monoisotopic (exact) mass is 349 g/mol. The first kappa shape index (κ1) is 17.1. The fourth-order valence-corrected chi connectivity index (χ4v) is 3.28. The van der Waals surface area contributed by atoms with Gasteiger partial charge in [0, 0.05) is 23.5 Å². The molecule has 24 heavy (non-hydrogen) atoms. The van der Waals surface area contributed by atoms with Gasteiger partial charge in [0.15, 0.2) is 0 Å². The van der Waals surface area contributed by atoms with Crippen LogP contribution in [0.4, 0.5) is 10.1 Å². The second-order valence-electron chi connectivity index (χ2n) is 6.82. The topological polar surface area (TPSA) is 58.0 Å². The highest BCUT2D eigenvalue weighted by atomic mass is 35.5. The predicted molar refractivity (Wildman–Crippen MR) is 93.7 cm³/mol. The van der Waals surface area contributed by atoms with E-state index in [0.717, 1.165) is 42.5 Å². The second-order valence-corrected chi connectivity index (χ2v) is 7.21. The maximum atomic E-state index is 13.7. The van der Waals surface area contributed by atoms with Gasteiger partial charge in [0.2, 0.25) is 5.95 Å². The maximum Gasteiger partial charge on any atom is 0.213 e. The standard InChI is InChI=1S/C18H21ClFN3O/c1-11-7-14(23-17(20)8-11)13-10-21-16(19)9-15(13)22-12-3-5-18(2,24)6-4-12/h7-10,12,24H,3-6H2,1-2H3,(H,21,22). The van der Waals surface area contributed by atoms with E-state index >= 15 is 0 Å². The lowest BCUT2D eigenvalue weighted by Gasteiger charge is -2.34. The molecule has 0 saturated heterocycles. The van der Waals surface area contributed by atoms with Crippen molar-refractivity contribution in [3.63, 3.8) is 0 Å². The minimum absolute atomic E-state index is 0.233. The minimum Gasteiger partial charge on any atom is -0.390 e. The summed E-state index contributed by atoms with van der Waals surface area (Å²) in [4.78, 5) is 8.10. The summed E-state index contributed by atoms with van der Waals surface area (Å²) in [7, 11) is 0. The molecule has 0 unspecified atom stereocenters. The van der Waals surface area contributed by atoms with E-state index in [4.69, 9.17) is 11.6 Å². The first-order valence-corrected chi connectivity index (χ1v) is 8.49. The van der Waals surface area contributed by atoms with Gasteiger partial charge in [-0.25, -0.2) is 9.97 Å². The van der Waals surface area contributed by atoms with E-state index < -0.39 is 11.5 Å². The fraction of sp³-hybridized carbons (Fsp3) is 0.444. The number of halogens is 2. The number of nitrogens with one attached hydrogen (secondary N) is 1. The van der Waals surface area contributed by atoms with E-state index in [1.807, 2.05) is 19.9 Å². The Labute approximate surface area is 146 Å². The van der Waals surface area contributed by atoms with Crippen molar-refractivity contribution in [1.82, 2.24) is 9.97 Å². The van der Waals surface area contributed by atoms with Crippen molar-refractivity contribution in [2.75, 3.05) is 5.32 Å². The van der Waals surface area contributed by atoms with Gasteiger partial charge < -0.3 is 10.4 Å². The van der Waals surface area contributed by atoms with Gasteiger partial charge in [-0.15, -0.1) is 0 Å². The van der Waals surface area contributed by atoms with Gasteiger partial charge >= 0.3 is 0 Å². The average Bonchev–Trinajstić information content (AvgIpc) is 2.48. The van der Waals surface area contributed by atoms with Crippen LogP contribution in [0.2, 0.25) is 5.15 Å². The van der Waals surface area contributed by atoms with Crippen LogP contribution in [-0.2, 0) is 0 Å². The molecule has 1 saturated carbocycles. The molecule has 0 atom stereocenters. The van der Waals surface area contributed by atoms with Crippen molar-refractivity contribution in [1.29, 1.82) is 0 Å². The Morgan fingerprint density at radius 2 is 2.00 bits per heavy atom. The lowest BCUT2D eigenvalue weighted by atomic mass is 9.83. The molecule has 1 fully saturated rings. The molecule has 0 aliphatic heterocycles. The van der Waals surface area contributed by atoms with Gasteiger partial charge in [0.25, 0.3) is 0 Å². The third kappa shape index (κ3) is 4.02. The normalized spacial score (nSPS) is 24.0. The van der Waals surface area contributed by atoms with Crippen LogP contribution in [-0.4, -0.2) is 26.7 Å². The zero-order valence-corrected chi connectivity index (χ0v) is 14.6. The molecule has 0 amide bonds. The van der Waals surface area contributed by atoms with Gasteiger partial charge in [0.1, 0.15) is 5.15 Å². The van der Waals surface area contributed by atoms with Crippen LogP contribution in [0.3, 0.4) is 0 Å². The zero-order chi connectivity index (χ0) is 17.3. The average molecular weight is 350 g/mol. The molecule has 2 aromatic rings. The van der Waals surface area contributed by atoms with E-state index in [1.165, 1.54) is 6.07 Å². The van der Waals surface area contributed by atoms with Crippen molar-refractivity contribution >= 4 is 17.3 Å². The molecule has 2 N–H and O–H groups in total. The summed E-state index contributed by atoms with van der Waals surface area (Å²) in [6.07, 6.45) is 4.83. The van der Waals surface area contributed by atoms with Gasteiger partial charge in [-0.1, -0.05) is 11.6 Å². The van der Waals surface area contributed by atoms with Crippen LogP contribution in [0.5, 0.6) is 0 Å². The highest BCUT2D eigenvalue weighted by molar-refractivity contribution is 6.29. The van der Waals surface area contributed by atoms with Crippen LogP contribution >= 0.6 is 11.6 Å². The van der Waals surface area contributed by atoms with Gasteiger partial charge in [-0.2, -0.15) is 4.39 Å². The number of pyridine rings is 2. The Morgan fingerprint density at radius 3 is 2.67 bits per heavy atom. The molecule has 128 valence electrons. The summed E-state index contributed by atoms with van der Waals surface area (Å²) in [6.45, 7) is 3.70. The number of anilines is 1. The Kier molecular flexibility index (Phi) is 4.74. The van der Waals surface area contributed by atoms with Crippen molar-refractivity contribution in [2.24, 2.45) is 0 Å². The van der Waals surface area contributed by atoms with E-state index in [-0.39, 0.29) is 6.04 Å². The number of nitrogens with zero attached hydrogens (tertiary/aromatic N) is 2. The summed E-state index contributed by atoms with van der Waals surface area (Å²) in [6, 6.07) is 5.19. The van der Waals surface area contributed by atoms with Gasteiger partial charge in [0.05, 0.1) is 11.3 Å². The molecule has 2 heterocycles. The molecule has 1 aliphatic rings. The van der Waals surface area contributed by atoms with Crippen LogP contribution in [0, 0.1) is 12.9 Å². The number of aromatic nitrogens is 2. The van der Waals surface area contributed by atoms with Gasteiger partial charge in [-0.05, 0) is 63.3 Å². The Morgan fingerprint density at radius 1 is 1.29 bits per heavy atom. The molecule has 1 aliphatic carbocycles. The lowest BCUT2D eigenvalue weighted by Crippen LogP contribution is -2.35. The number of aliphatic hydroxyl groups is 1. The Hall–Kier alpha value is -1.72. The highest BCUT2D eigenvalue weighted by Crippen LogP contribution is 2.33. The Bertz CT molecular complexity index is 721. The summed E-state index contributed by atoms with van der Waals surface area (Å²) < 4.78 is 13.7. The molecule has 6 heteroatoms. The van der Waals surface area contributed by atoms with Crippen LogP contribution in [0.1, 0.15) is 38.2 Å². The van der Waals surface area contributed by atoms with E-state index in [0.29, 0.717) is 10.8 Å². The quantitative estimate of drug-likeness (QED) is 0.809. The largest absolute Gasteiger partial charge is 0.390 e. The third-order valence-corrected chi connectivity index (χ3v) is 4.71. The highest BCUT2D eigenvalue weighted by Gasteiger charge is 2.29. The van der Waals surface area contributed by atoms with Crippen molar-refractivity contribution in [3.05, 3.63) is 41.1 Å². The lowest BCUT2D eigenvalue weighted by molar-refractivity contribution is 0.0196. The Balaban J connectivity index is 1.89. The molecule has 3 rings (SSSR count). The minimum atomic E-state index is -0.585. The van der Waals surface area contributed by atoms with Crippen LogP contribution in [0.25, 0.3) is 11.3 Å².